The number of rotatable bonds is 1. The third kappa shape index (κ3) is 1.27. The first-order chi connectivity index (χ1) is 11.8. The van der Waals surface area contributed by atoms with Crippen LogP contribution in [0.3, 0.4) is 0 Å². The molecule has 2 fully saturated rings. The topological polar surface area (TPSA) is 38.8 Å². The zero-order valence-corrected chi connectivity index (χ0v) is 12.6. The number of carbonyl (C=O) groups excluding carboxylic acids is 1. The van der Waals surface area contributed by atoms with Crippen molar-refractivity contribution >= 4 is 5.78 Å². The van der Waals surface area contributed by atoms with Gasteiger partial charge < -0.3 is 14.4 Å². The van der Waals surface area contributed by atoms with Crippen molar-refractivity contribution in [3.8, 4) is 11.5 Å². The minimum absolute atomic E-state index is 0.142. The second-order valence-corrected chi connectivity index (χ2v) is 7.18. The number of methoxy groups -OCH3 is 1. The van der Waals surface area contributed by atoms with Gasteiger partial charge in [0.1, 0.15) is 0 Å². The molecule has 2 aliphatic carbocycles. The van der Waals surface area contributed by atoms with E-state index in [0.29, 0.717) is 24.1 Å². The predicted octanol–water partition coefficient (Wildman–Crippen LogP) is 1.93. The van der Waals surface area contributed by atoms with Gasteiger partial charge in [0.25, 0.3) is 0 Å². The highest BCUT2D eigenvalue weighted by atomic mass is 16.5. The van der Waals surface area contributed by atoms with Crippen LogP contribution in [0, 0.1) is 5.92 Å². The van der Waals surface area contributed by atoms with Gasteiger partial charge in [-0.1, -0.05) is 6.07 Å². The van der Waals surface area contributed by atoms with Crippen LogP contribution in [0.5, 0.6) is 11.5 Å². The fraction of sp³-hybridized carbons (Fsp3) is 0.611. The average Bonchev–Trinajstić information content (AvgIpc) is 2.88. The number of likely N-dealkylation sites (N-methyl/N-ethyl adjacent to an activating group) is 1. The Morgan fingerprint density at radius 3 is 3.27 bits per heavy atom. The number of likely N-dealkylation sites (tertiary alicyclic amines) is 1. The lowest BCUT2D eigenvalue weighted by Crippen LogP contribution is -2.65. The quantitative estimate of drug-likeness (QED) is 0.794. The number of hydrogen-bond acceptors (Lipinski definition) is 4. The van der Waals surface area contributed by atoms with Crippen molar-refractivity contribution < 1.29 is 18.4 Å². The van der Waals surface area contributed by atoms with Crippen LogP contribution in [0.25, 0.3) is 0 Å². The van der Waals surface area contributed by atoms with Crippen molar-refractivity contribution in [2.24, 2.45) is 5.92 Å². The lowest BCUT2D eigenvalue weighted by Gasteiger charge is -2.57. The summed E-state index contributed by atoms with van der Waals surface area (Å²) >= 11 is 0. The average molecular weight is 302 g/mol. The molecule has 2 bridgehead atoms. The molecule has 1 spiro atoms. The van der Waals surface area contributed by atoms with Crippen molar-refractivity contribution in [1.29, 1.82) is 0 Å². The van der Waals surface area contributed by atoms with Gasteiger partial charge in [-0.3, -0.25) is 4.79 Å². The third-order valence-electron chi connectivity index (χ3n) is 6.48. The van der Waals surface area contributed by atoms with E-state index in [9.17, 15) is 4.79 Å². The van der Waals surface area contributed by atoms with Crippen LogP contribution >= 0.6 is 0 Å². The summed E-state index contributed by atoms with van der Waals surface area (Å²) in [5, 5.41) is 0. The van der Waals surface area contributed by atoms with Crippen LogP contribution in [-0.4, -0.2) is 43.5 Å². The first-order valence-electron chi connectivity index (χ1n) is 9.56. The largest absolute Gasteiger partial charge is 0.493 e. The highest BCUT2D eigenvalue weighted by Crippen LogP contribution is 2.62. The molecule has 0 unspecified atom stereocenters. The molecule has 116 valence electrons. The summed E-state index contributed by atoms with van der Waals surface area (Å²) in [7, 11) is -0.371. The molecule has 22 heavy (non-hydrogen) atoms. The van der Waals surface area contributed by atoms with Gasteiger partial charge in [-0.2, -0.15) is 0 Å². The van der Waals surface area contributed by atoms with Gasteiger partial charge in [0.2, 0.25) is 0 Å². The zero-order chi connectivity index (χ0) is 17.6. The molecule has 4 aliphatic rings. The number of benzene rings is 1. The molecule has 0 aromatic heterocycles. The Balaban J connectivity index is 1.73. The summed E-state index contributed by atoms with van der Waals surface area (Å²) in [5.74, 6) is 1.27. The number of Topliss-reactive ketones (excluding diaryl/α,β-unsaturated/α-hetero) is 1. The van der Waals surface area contributed by atoms with Gasteiger partial charge in [0.15, 0.2) is 23.4 Å². The molecule has 1 saturated carbocycles. The maximum Gasteiger partial charge on any atom is 0.174 e. The molecule has 0 N–H and O–H groups in total. The number of hydrogen-bond donors (Lipinski definition) is 0. The summed E-state index contributed by atoms with van der Waals surface area (Å²) in [6.07, 6.45) is 2.73. The predicted molar refractivity (Wildman–Crippen MR) is 81.6 cm³/mol. The van der Waals surface area contributed by atoms with Crippen molar-refractivity contribution in [2.75, 3.05) is 20.6 Å². The van der Waals surface area contributed by atoms with Crippen LogP contribution in [0.15, 0.2) is 12.1 Å². The lowest BCUT2D eigenvalue weighted by molar-refractivity contribution is -0.138. The number of piperidine rings is 1. The van der Waals surface area contributed by atoms with Gasteiger partial charge in [-0.15, -0.1) is 0 Å². The normalized spacial score (nSPS) is 41.0. The summed E-state index contributed by atoms with van der Waals surface area (Å²) in [6, 6.07) is 4.07. The molecule has 1 aromatic carbocycles. The van der Waals surface area contributed by atoms with Crippen molar-refractivity contribution in [1.82, 2.24) is 4.90 Å². The van der Waals surface area contributed by atoms with E-state index in [-0.39, 0.29) is 16.9 Å². The molecule has 4 nitrogen and oxygen atoms in total. The molecule has 0 radical (unpaired) electrons. The highest BCUT2D eigenvalue weighted by Gasteiger charge is 2.65. The van der Waals surface area contributed by atoms with Crippen molar-refractivity contribution in [2.45, 2.75) is 43.2 Å². The first kappa shape index (κ1) is 10.3. The molecular formula is C18H21NO3. The van der Waals surface area contributed by atoms with E-state index in [2.05, 4.69) is 11.9 Å². The van der Waals surface area contributed by atoms with Gasteiger partial charge in [0, 0.05) is 23.4 Å². The van der Waals surface area contributed by atoms with E-state index in [0.717, 1.165) is 31.4 Å². The van der Waals surface area contributed by atoms with Crippen LogP contribution in [0.1, 0.15) is 34.5 Å². The second kappa shape index (κ2) is 4.05. The van der Waals surface area contributed by atoms with E-state index >= 15 is 0 Å². The van der Waals surface area contributed by atoms with Crippen molar-refractivity contribution in [3.63, 3.8) is 0 Å². The molecule has 0 amide bonds. The van der Waals surface area contributed by atoms with E-state index in [4.69, 9.17) is 13.6 Å². The Morgan fingerprint density at radius 2 is 2.41 bits per heavy atom. The first-order valence-corrected chi connectivity index (χ1v) is 8.06. The summed E-state index contributed by atoms with van der Waals surface area (Å²) in [6.45, 7) is 0.928. The van der Waals surface area contributed by atoms with Gasteiger partial charge in [-0.05, 0) is 50.4 Å². The Kier molecular flexibility index (Phi) is 1.89. The van der Waals surface area contributed by atoms with Gasteiger partial charge >= 0.3 is 0 Å². The number of carbonyl (C=O) groups is 1. The molecular weight excluding hydrogens is 278 g/mol. The van der Waals surface area contributed by atoms with Crippen LogP contribution in [-0.2, 0) is 16.6 Å². The second-order valence-electron chi connectivity index (χ2n) is 7.18. The van der Waals surface area contributed by atoms with Crippen LogP contribution in [0.4, 0.5) is 0 Å². The van der Waals surface area contributed by atoms with E-state index in [1.807, 2.05) is 6.07 Å². The fourth-order valence-electron chi connectivity index (χ4n) is 5.59. The van der Waals surface area contributed by atoms with Gasteiger partial charge in [-0.25, -0.2) is 0 Å². The summed E-state index contributed by atoms with van der Waals surface area (Å²) in [5.41, 5.74) is 1.93. The summed E-state index contributed by atoms with van der Waals surface area (Å²) in [4.78, 5) is 15.1. The SMILES string of the molecule is [2H]C([2H])([2H])Oc1ccc2c3c1O[C@H]1C(=O)CC[C@H]4[C@@H](C2)N(C)CC[C@]314. The Labute approximate surface area is 134 Å². The van der Waals surface area contributed by atoms with E-state index in [1.165, 1.54) is 5.56 Å². The van der Waals surface area contributed by atoms with E-state index < -0.39 is 13.1 Å². The maximum absolute atomic E-state index is 12.7. The van der Waals surface area contributed by atoms with Gasteiger partial charge in [0.05, 0.1) is 11.2 Å². The van der Waals surface area contributed by atoms with E-state index in [1.54, 1.807) is 6.07 Å². The Morgan fingerprint density at radius 1 is 1.50 bits per heavy atom. The number of ketones is 1. The van der Waals surface area contributed by atoms with Crippen LogP contribution in [0.2, 0.25) is 0 Å². The fourth-order valence-corrected chi connectivity index (χ4v) is 5.59. The zero-order valence-electron chi connectivity index (χ0n) is 15.6. The molecule has 2 heterocycles. The Bertz CT molecular complexity index is 778. The molecule has 5 rings (SSSR count). The minimum Gasteiger partial charge on any atom is -0.493 e. The molecule has 2 aliphatic heterocycles. The maximum atomic E-state index is 12.7. The lowest BCUT2D eigenvalue weighted by atomic mass is 9.52. The highest BCUT2D eigenvalue weighted by molar-refractivity contribution is 5.89. The molecule has 4 atom stereocenters. The molecule has 4 heteroatoms. The third-order valence-corrected chi connectivity index (χ3v) is 6.48. The smallest absolute Gasteiger partial charge is 0.174 e. The number of ether oxygens (including phenoxy) is 2. The van der Waals surface area contributed by atoms with Crippen LogP contribution < -0.4 is 9.47 Å². The molecule has 1 aromatic rings. The molecule has 1 saturated heterocycles. The number of nitrogens with zero attached hydrogens (tertiary/aromatic N) is 1. The standard InChI is InChI=1S/C18H21NO3/c1-19-8-7-18-11-4-5-13(20)17(18)22-16-14(21-2)6-3-10(15(16)18)9-12(11)19/h3,6,11-12,17H,4-5,7-9H2,1-2H3/t11-,12+,17-,18-/m0/s1/i2D3. The Hall–Kier alpha value is -1.55. The van der Waals surface area contributed by atoms with Crippen molar-refractivity contribution in [3.05, 3.63) is 23.3 Å². The minimum atomic E-state index is -2.53. The summed E-state index contributed by atoms with van der Waals surface area (Å²) < 4.78 is 33.6. The monoisotopic (exact) mass is 302 g/mol.